The Morgan fingerprint density at radius 1 is 1.59 bits per heavy atom. The van der Waals surface area contributed by atoms with Crippen molar-refractivity contribution in [2.45, 2.75) is 12.8 Å². The van der Waals surface area contributed by atoms with Crippen molar-refractivity contribution in [2.75, 3.05) is 25.5 Å². The first-order chi connectivity index (χ1) is 8.19. The molecule has 0 spiro atoms. The van der Waals surface area contributed by atoms with Crippen LogP contribution in [0, 0.1) is 5.41 Å². The number of aromatic nitrogens is 1. The smallest absolute Gasteiger partial charge is 0.269 e. The van der Waals surface area contributed by atoms with Crippen LogP contribution < -0.4 is 10.6 Å². The fraction of sp³-hybridized carbons (Fsp3) is 0.500. The van der Waals surface area contributed by atoms with Crippen LogP contribution in [0.2, 0.25) is 0 Å². The van der Waals surface area contributed by atoms with Crippen molar-refractivity contribution in [2.24, 2.45) is 5.41 Å². The maximum atomic E-state index is 11.4. The predicted octanol–water partition coefficient (Wildman–Crippen LogP) is 0.626. The van der Waals surface area contributed by atoms with Crippen molar-refractivity contribution >= 4 is 11.6 Å². The average Bonchev–Trinajstić information content (AvgIpc) is 3.16. The number of aliphatic hydroxyl groups is 1. The molecule has 0 unspecified atom stereocenters. The van der Waals surface area contributed by atoms with Crippen molar-refractivity contribution < 1.29 is 9.90 Å². The fourth-order valence-corrected chi connectivity index (χ4v) is 1.65. The van der Waals surface area contributed by atoms with Crippen LogP contribution in [0.3, 0.4) is 0 Å². The molecule has 92 valence electrons. The van der Waals surface area contributed by atoms with Gasteiger partial charge in [0.25, 0.3) is 5.91 Å². The maximum Gasteiger partial charge on any atom is 0.269 e. The molecule has 1 saturated carbocycles. The minimum atomic E-state index is -0.197. The van der Waals surface area contributed by atoms with E-state index in [1.807, 2.05) is 6.07 Å². The highest BCUT2D eigenvalue weighted by Crippen LogP contribution is 2.44. The van der Waals surface area contributed by atoms with E-state index in [2.05, 4.69) is 15.6 Å². The maximum absolute atomic E-state index is 11.4. The van der Waals surface area contributed by atoms with Crippen LogP contribution in [0.1, 0.15) is 23.3 Å². The number of carbonyl (C=O) groups is 1. The van der Waals surface area contributed by atoms with Gasteiger partial charge in [0.2, 0.25) is 0 Å². The lowest BCUT2D eigenvalue weighted by atomic mass is 10.1. The molecule has 5 nitrogen and oxygen atoms in total. The molecule has 1 amide bonds. The van der Waals surface area contributed by atoms with Gasteiger partial charge < -0.3 is 15.7 Å². The molecule has 1 fully saturated rings. The number of pyridine rings is 1. The Labute approximate surface area is 100 Å². The number of nitrogens with zero attached hydrogens (tertiary/aromatic N) is 1. The fourth-order valence-electron chi connectivity index (χ4n) is 1.65. The van der Waals surface area contributed by atoms with Gasteiger partial charge in [0.1, 0.15) is 5.69 Å². The topological polar surface area (TPSA) is 74.2 Å². The standard InChI is InChI=1S/C12H17N3O2/c1-13-11(17)10-6-9(2-5-14-10)15-7-12(8-16)3-4-12/h2,5-6,16H,3-4,7-8H2,1H3,(H,13,17)(H,14,15). The third kappa shape index (κ3) is 2.74. The number of anilines is 1. The molecule has 1 aromatic rings. The third-order valence-electron chi connectivity index (χ3n) is 3.18. The van der Waals surface area contributed by atoms with Gasteiger partial charge in [0.15, 0.2) is 0 Å². The van der Waals surface area contributed by atoms with Gasteiger partial charge in [-0.2, -0.15) is 0 Å². The molecule has 3 N–H and O–H groups in total. The summed E-state index contributed by atoms with van der Waals surface area (Å²) in [4.78, 5) is 15.4. The van der Waals surface area contributed by atoms with Crippen LogP contribution in [0.25, 0.3) is 0 Å². The number of carbonyl (C=O) groups excluding carboxylic acids is 1. The van der Waals surface area contributed by atoms with Gasteiger partial charge in [-0.3, -0.25) is 9.78 Å². The predicted molar refractivity (Wildman–Crippen MR) is 64.9 cm³/mol. The minimum absolute atomic E-state index is 0.0520. The van der Waals surface area contributed by atoms with E-state index in [0.29, 0.717) is 5.69 Å². The number of nitrogens with one attached hydrogen (secondary N) is 2. The molecule has 0 bridgehead atoms. The van der Waals surface area contributed by atoms with E-state index in [-0.39, 0.29) is 17.9 Å². The quantitative estimate of drug-likeness (QED) is 0.699. The van der Waals surface area contributed by atoms with E-state index in [9.17, 15) is 9.90 Å². The summed E-state index contributed by atoms with van der Waals surface area (Å²) in [7, 11) is 1.58. The SMILES string of the molecule is CNC(=O)c1cc(NCC2(CO)CC2)ccn1. The number of aliphatic hydroxyl groups excluding tert-OH is 1. The first-order valence-electron chi connectivity index (χ1n) is 5.72. The molecule has 0 radical (unpaired) electrons. The van der Waals surface area contributed by atoms with Crippen molar-refractivity contribution in [3.63, 3.8) is 0 Å². The monoisotopic (exact) mass is 235 g/mol. The normalized spacial score (nSPS) is 16.4. The molecule has 5 heteroatoms. The molecule has 0 atom stereocenters. The summed E-state index contributed by atoms with van der Waals surface area (Å²) in [5.41, 5.74) is 1.31. The summed E-state index contributed by atoms with van der Waals surface area (Å²) >= 11 is 0. The molecule has 1 aliphatic rings. The zero-order chi connectivity index (χ0) is 12.3. The second-order valence-corrected chi connectivity index (χ2v) is 4.52. The molecule has 0 aliphatic heterocycles. The van der Waals surface area contributed by atoms with E-state index in [1.165, 1.54) is 0 Å². The van der Waals surface area contributed by atoms with Crippen LogP contribution in [0.4, 0.5) is 5.69 Å². The Morgan fingerprint density at radius 2 is 2.35 bits per heavy atom. The zero-order valence-electron chi connectivity index (χ0n) is 9.86. The molecular weight excluding hydrogens is 218 g/mol. The highest BCUT2D eigenvalue weighted by Gasteiger charge is 2.41. The second kappa shape index (κ2) is 4.71. The lowest BCUT2D eigenvalue weighted by Crippen LogP contribution is -2.21. The first kappa shape index (κ1) is 11.9. The molecule has 17 heavy (non-hydrogen) atoms. The first-order valence-corrected chi connectivity index (χ1v) is 5.72. The van der Waals surface area contributed by atoms with Gasteiger partial charge in [0, 0.05) is 30.9 Å². The largest absolute Gasteiger partial charge is 0.396 e. The van der Waals surface area contributed by atoms with Gasteiger partial charge in [0.05, 0.1) is 6.61 Å². The molecule has 1 aliphatic carbocycles. The van der Waals surface area contributed by atoms with Gasteiger partial charge in [-0.05, 0) is 25.0 Å². The van der Waals surface area contributed by atoms with Crippen molar-refractivity contribution in [3.05, 3.63) is 24.0 Å². The summed E-state index contributed by atoms with van der Waals surface area (Å²) < 4.78 is 0. The Balaban J connectivity index is 1.99. The lowest BCUT2D eigenvalue weighted by Gasteiger charge is -2.14. The highest BCUT2D eigenvalue weighted by atomic mass is 16.3. The number of amides is 1. The Hall–Kier alpha value is -1.62. The van der Waals surface area contributed by atoms with Gasteiger partial charge >= 0.3 is 0 Å². The van der Waals surface area contributed by atoms with E-state index in [4.69, 9.17) is 0 Å². The van der Waals surface area contributed by atoms with Crippen LogP contribution in [-0.4, -0.2) is 36.2 Å². The van der Waals surface area contributed by atoms with Crippen molar-refractivity contribution in [1.29, 1.82) is 0 Å². The number of hydrogen-bond donors (Lipinski definition) is 3. The van der Waals surface area contributed by atoms with Crippen LogP contribution in [-0.2, 0) is 0 Å². The zero-order valence-corrected chi connectivity index (χ0v) is 9.86. The summed E-state index contributed by atoms with van der Waals surface area (Å²) in [5, 5.41) is 15.0. The number of hydrogen-bond acceptors (Lipinski definition) is 4. The Bertz CT molecular complexity index is 416. The van der Waals surface area contributed by atoms with Crippen LogP contribution in [0.15, 0.2) is 18.3 Å². The molecular formula is C12H17N3O2. The van der Waals surface area contributed by atoms with Gasteiger partial charge in [-0.1, -0.05) is 0 Å². The van der Waals surface area contributed by atoms with Gasteiger partial charge in [-0.25, -0.2) is 0 Å². The average molecular weight is 235 g/mol. The van der Waals surface area contributed by atoms with E-state index >= 15 is 0 Å². The summed E-state index contributed by atoms with van der Waals surface area (Å²) in [6, 6.07) is 3.53. The molecule has 1 aromatic heterocycles. The molecule has 0 aromatic carbocycles. The molecule has 2 rings (SSSR count). The van der Waals surface area contributed by atoms with Crippen molar-refractivity contribution in [1.82, 2.24) is 10.3 Å². The van der Waals surface area contributed by atoms with E-state index < -0.39 is 0 Å². The lowest BCUT2D eigenvalue weighted by molar-refractivity contribution is 0.0958. The van der Waals surface area contributed by atoms with Crippen molar-refractivity contribution in [3.8, 4) is 0 Å². The highest BCUT2D eigenvalue weighted by molar-refractivity contribution is 5.92. The third-order valence-corrected chi connectivity index (χ3v) is 3.18. The summed E-state index contributed by atoms with van der Waals surface area (Å²) in [6.45, 7) is 0.952. The number of rotatable bonds is 5. The summed E-state index contributed by atoms with van der Waals surface area (Å²) in [5.74, 6) is -0.197. The molecule has 1 heterocycles. The van der Waals surface area contributed by atoms with Crippen LogP contribution in [0.5, 0.6) is 0 Å². The van der Waals surface area contributed by atoms with Crippen LogP contribution >= 0.6 is 0 Å². The minimum Gasteiger partial charge on any atom is -0.396 e. The second-order valence-electron chi connectivity index (χ2n) is 4.52. The summed E-state index contributed by atoms with van der Waals surface area (Å²) in [6.07, 6.45) is 3.72. The van der Waals surface area contributed by atoms with Gasteiger partial charge in [-0.15, -0.1) is 0 Å². The van der Waals surface area contributed by atoms with E-state index in [0.717, 1.165) is 25.1 Å². The Kier molecular flexibility index (Phi) is 3.28. The van der Waals surface area contributed by atoms with E-state index in [1.54, 1.807) is 19.3 Å². The Morgan fingerprint density at radius 3 is 2.94 bits per heavy atom. The molecule has 0 saturated heterocycles.